The number of benzene rings is 3. The predicted octanol–water partition coefficient (Wildman–Crippen LogP) is 6.43. The number of hydrogen-bond donors (Lipinski definition) is 1. The van der Waals surface area contributed by atoms with Crippen LogP contribution in [0.2, 0.25) is 0 Å². The van der Waals surface area contributed by atoms with Crippen LogP contribution in [0.3, 0.4) is 0 Å². The number of ether oxygens (including phenoxy) is 2. The van der Waals surface area contributed by atoms with Gasteiger partial charge in [-0.3, -0.25) is 4.57 Å². The Morgan fingerprint density at radius 1 is 0.812 bits per heavy atom. The molecule has 0 fully saturated rings. The Morgan fingerprint density at radius 3 is 2.06 bits per heavy atom. The maximum atomic E-state index is 14.0. The van der Waals surface area contributed by atoms with Gasteiger partial charge in [-0.1, -0.05) is 42.5 Å². The second kappa shape index (κ2) is 10.7. The molecule has 7 heteroatoms. The van der Waals surface area contributed by atoms with E-state index < -0.39 is 13.3 Å². The van der Waals surface area contributed by atoms with Gasteiger partial charge < -0.3 is 23.6 Å². The molecule has 3 aromatic rings. The van der Waals surface area contributed by atoms with E-state index in [0.717, 1.165) is 11.1 Å². The Labute approximate surface area is 189 Å². The predicted molar refractivity (Wildman–Crippen MR) is 126 cm³/mol. The van der Waals surface area contributed by atoms with Gasteiger partial charge in [0.1, 0.15) is 11.4 Å². The lowest BCUT2D eigenvalue weighted by molar-refractivity contribution is 0.214. The number of methoxy groups -OCH3 is 2. The summed E-state index contributed by atoms with van der Waals surface area (Å²) < 4.78 is 36.3. The van der Waals surface area contributed by atoms with Crippen LogP contribution in [-0.2, 0) is 13.6 Å². The second-order valence-electron chi connectivity index (χ2n) is 7.03. The number of hydrogen-bond acceptors (Lipinski definition) is 6. The highest BCUT2D eigenvalue weighted by atomic mass is 31.2. The number of phenolic OH excluding ortho intramolecular Hbond substituents is 1. The van der Waals surface area contributed by atoms with E-state index in [1.54, 1.807) is 45.2 Å². The van der Waals surface area contributed by atoms with Gasteiger partial charge >= 0.3 is 7.60 Å². The van der Waals surface area contributed by atoms with E-state index in [9.17, 15) is 9.67 Å². The quantitative estimate of drug-likeness (QED) is 0.354. The number of aromatic hydroxyl groups is 1. The second-order valence-corrected chi connectivity index (χ2v) is 9.14. The topological polar surface area (TPSA) is 74.2 Å². The molecule has 0 spiro atoms. The summed E-state index contributed by atoms with van der Waals surface area (Å²) in [5.74, 6) is 1.03. The third kappa shape index (κ3) is 4.99. The first-order valence-electron chi connectivity index (χ1n) is 10.5. The SMILES string of the molecule is CCOP(=O)(OCC)[C@@H](c1ccc(OC)c(OC)c1)c1cc(-c2ccccc2)ccc1O. The molecule has 6 nitrogen and oxygen atoms in total. The van der Waals surface area contributed by atoms with Gasteiger partial charge in [-0.25, -0.2) is 0 Å². The van der Waals surface area contributed by atoms with E-state index in [1.165, 1.54) is 7.11 Å². The van der Waals surface area contributed by atoms with Crippen LogP contribution in [0, 0.1) is 0 Å². The van der Waals surface area contributed by atoms with Crippen LogP contribution in [0.5, 0.6) is 17.2 Å². The summed E-state index contributed by atoms with van der Waals surface area (Å²) in [6, 6.07) is 20.3. The lowest BCUT2D eigenvalue weighted by Crippen LogP contribution is -2.09. The van der Waals surface area contributed by atoms with E-state index >= 15 is 0 Å². The van der Waals surface area contributed by atoms with Gasteiger partial charge in [0.15, 0.2) is 11.5 Å². The van der Waals surface area contributed by atoms with Crippen LogP contribution < -0.4 is 9.47 Å². The van der Waals surface area contributed by atoms with Crippen LogP contribution >= 0.6 is 7.60 Å². The molecular formula is C25H29O6P. The van der Waals surface area contributed by atoms with Crippen LogP contribution in [0.25, 0.3) is 11.1 Å². The molecule has 1 atom stereocenters. The molecule has 0 radical (unpaired) electrons. The van der Waals surface area contributed by atoms with E-state index in [-0.39, 0.29) is 19.0 Å². The van der Waals surface area contributed by atoms with Crippen molar-refractivity contribution in [2.24, 2.45) is 0 Å². The largest absolute Gasteiger partial charge is 0.508 e. The minimum atomic E-state index is -3.72. The van der Waals surface area contributed by atoms with Gasteiger partial charge in [0, 0.05) is 5.56 Å². The highest BCUT2D eigenvalue weighted by molar-refractivity contribution is 7.54. The Morgan fingerprint density at radius 2 is 1.47 bits per heavy atom. The van der Waals surface area contributed by atoms with Crippen molar-refractivity contribution in [3.05, 3.63) is 77.9 Å². The van der Waals surface area contributed by atoms with E-state index in [0.29, 0.717) is 22.6 Å². The van der Waals surface area contributed by atoms with E-state index in [2.05, 4.69) is 0 Å². The van der Waals surface area contributed by atoms with Gasteiger partial charge in [0.05, 0.1) is 27.4 Å². The number of rotatable bonds is 10. The van der Waals surface area contributed by atoms with Crippen molar-refractivity contribution in [3.63, 3.8) is 0 Å². The van der Waals surface area contributed by atoms with Gasteiger partial charge in [-0.2, -0.15) is 0 Å². The van der Waals surface area contributed by atoms with E-state index in [4.69, 9.17) is 18.5 Å². The standard InChI is InChI=1S/C25H29O6P/c1-5-30-32(27,31-6-2)25(20-13-15-23(28-3)24(17-20)29-4)21-16-19(12-14-22(21)26)18-10-8-7-9-11-18/h7-17,25-26H,5-6H2,1-4H3/t25-/m0/s1. The molecule has 3 aromatic carbocycles. The Balaban J connectivity index is 2.25. The molecule has 1 N–H and O–H groups in total. The molecule has 0 heterocycles. The van der Waals surface area contributed by atoms with Crippen molar-refractivity contribution in [1.82, 2.24) is 0 Å². The average Bonchev–Trinajstić information content (AvgIpc) is 2.81. The lowest BCUT2D eigenvalue weighted by Gasteiger charge is -2.28. The molecule has 0 aliphatic rings. The summed E-state index contributed by atoms with van der Waals surface area (Å²) >= 11 is 0. The summed E-state index contributed by atoms with van der Waals surface area (Å²) in [5, 5.41) is 10.9. The van der Waals surface area contributed by atoms with Crippen molar-refractivity contribution in [2.75, 3.05) is 27.4 Å². The molecule has 0 bridgehead atoms. The van der Waals surface area contributed by atoms with Crippen molar-refractivity contribution in [3.8, 4) is 28.4 Å². The first-order chi connectivity index (χ1) is 15.5. The van der Waals surface area contributed by atoms with Crippen LogP contribution in [0.4, 0.5) is 0 Å². The molecule has 0 aliphatic carbocycles. The van der Waals surface area contributed by atoms with E-state index in [1.807, 2.05) is 42.5 Å². The average molecular weight is 456 g/mol. The third-order valence-corrected chi connectivity index (χ3v) is 7.53. The van der Waals surface area contributed by atoms with Crippen molar-refractivity contribution in [1.29, 1.82) is 0 Å². The fourth-order valence-electron chi connectivity index (χ4n) is 3.69. The molecule has 0 aromatic heterocycles. The molecule has 0 saturated carbocycles. The minimum Gasteiger partial charge on any atom is -0.508 e. The zero-order valence-electron chi connectivity index (χ0n) is 18.8. The van der Waals surface area contributed by atoms with Crippen LogP contribution in [0.15, 0.2) is 66.7 Å². The molecular weight excluding hydrogens is 427 g/mol. The molecule has 3 rings (SSSR count). The van der Waals surface area contributed by atoms with Gasteiger partial charge in [0.25, 0.3) is 0 Å². The van der Waals surface area contributed by atoms with Gasteiger partial charge in [-0.05, 0) is 54.8 Å². The minimum absolute atomic E-state index is 0.00379. The maximum absolute atomic E-state index is 14.0. The zero-order valence-corrected chi connectivity index (χ0v) is 19.7. The fraction of sp³-hybridized carbons (Fsp3) is 0.280. The third-order valence-electron chi connectivity index (χ3n) is 5.09. The lowest BCUT2D eigenvalue weighted by atomic mass is 9.97. The van der Waals surface area contributed by atoms with Gasteiger partial charge in [-0.15, -0.1) is 0 Å². The number of phenols is 1. The summed E-state index contributed by atoms with van der Waals surface area (Å²) in [6.07, 6.45) is 0. The fourth-order valence-corrected chi connectivity index (χ4v) is 5.85. The Hall–Kier alpha value is -2.79. The monoisotopic (exact) mass is 456 g/mol. The molecule has 0 unspecified atom stereocenters. The van der Waals surface area contributed by atoms with Crippen molar-refractivity contribution < 1.29 is 28.2 Å². The van der Waals surface area contributed by atoms with Crippen LogP contribution in [-0.4, -0.2) is 32.5 Å². The molecule has 0 amide bonds. The normalized spacial score (nSPS) is 12.4. The van der Waals surface area contributed by atoms with Gasteiger partial charge in [0.2, 0.25) is 0 Å². The van der Waals surface area contributed by atoms with Crippen molar-refractivity contribution >= 4 is 7.60 Å². The first-order valence-corrected chi connectivity index (χ1v) is 12.1. The summed E-state index contributed by atoms with van der Waals surface area (Å²) in [7, 11) is -0.634. The molecule has 32 heavy (non-hydrogen) atoms. The maximum Gasteiger partial charge on any atom is 0.342 e. The smallest absolute Gasteiger partial charge is 0.342 e. The Bertz CT molecular complexity index is 1070. The molecule has 0 aliphatic heterocycles. The highest BCUT2D eigenvalue weighted by Gasteiger charge is 2.40. The Kier molecular flexibility index (Phi) is 7.97. The zero-order chi connectivity index (χ0) is 23.1. The molecule has 170 valence electrons. The van der Waals surface area contributed by atoms with Crippen LogP contribution in [0.1, 0.15) is 30.6 Å². The summed E-state index contributed by atoms with van der Waals surface area (Å²) in [6.45, 7) is 3.91. The molecule has 0 saturated heterocycles. The first kappa shape index (κ1) is 23.9. The summed E-state index contributed by atoms with van der Waals surface area (Å²) in [5.41, 5.74) is 2.05. The highest BCUT2D eigenvalue weighted by Crippen LogP contribution is 2.65. The summed E-state index contributed by atoms with van der Waals surface area (Å²) in [4.78, 5) is 0. The van der Waals surface area contributed by atoms with Crippen molar-refractivity contribution in [2.45, 2.75) is 19.5 Å².